The molecule has 0 aromatic heterocycles. The first-order chi connectivity index (χ1) is 27.7. The molecule has 0 aliphatic heterocycles. The van der Waals surface area contributed by atoms with Crippen molar-refractivity contribution in [1.29, 1.82) is 0 Å². The van der Waals surface area contributed by atoms with E-state index in [-0.39, 0.29) is 82.5 Å². The third-order valence-electron chi connectivity index (χ3n) is 0. The summed E-state index contributed by atoms with van der Waals surface area (Å²) >= 11 is 0. The number of nitrogens with two attached hydrogens (primary N) is 36. The maximum Gasteiger partial charge on any atom is 0.336 e. The minimum absolute atomic E-state index is 0. The largest absolute Gasteiger partial charge is 0.907 e. The predicted octanol–water partition coefficient (Wildman–Crippen LogP) is -53.2. The summed E-state index contributed by atoms with van der Waals surface area (Å²) in [5.74, 6) is -1.000. The zero-order valence-electron chi connectivity index (χ0n) is 35.0. The summed E-state index contributed by atoms with van der Waals surface area (Å²) in [4.78, 5) is 0. The van der Waals surface area contributed by atoms with Gasteiger partial charge >= 0.3 is 71.5 Å². The zero-order valence-corrected chi connectivity index (χ0v) is 35.0. The highest BCUT2D eigenvalue weighted by atomic mass is 16.5. The summed E-state index contributed by atoms with van der Waals surface area (Å²) in [7, 11) is -11.7. The van der Waals surface area contributed by atoms with Crippen LogP contribution in [0.15, 0.2) is 0 Å². The average Bonchev–Trinajstić information content (AvgIpc) is 2.83. The molecule has 76 N–H and O–H groups in total. The molecular weight excluding hydrogens is 916 g/mol. The molecule has 0 bridgehead atoms. The van der Waals surface area contributed by atoms with Gasteiger partial charge in [0.15, 0.2) is 0 Å². The van der Waals surface area contributed by atoms with E-state index in [0.29, 0.717) is 0 Å². The van der Waals surface area contributed by atoms with Crippen LogP contribution in [0.3, 0.4) is 0 Å². The number of rotatable bonds is 0. The molecular formula is C12H76B4N36O14. The Kier molecular flexibility index (Phi) is 198. The van der Waals surface area contributed by atoms with Crippen molar-refractivity contribution in [2.75, 3.05) is 0 Å². The lowest BCUT2D eigenvalue weighted by molar-refractivity contribution is -0.481. The number of hydrogen-bond donors (Lipinski definition) is 36. The van der Waals surface area contributed by atoms with Crippen LogP contribution in [0.25, 0.3) is 0 Å². The quantitative estimate of drug-likeness (QED) is 0.0609. The Morgan fingerprint density at radius 1 is 0.167 bits per heavy atom. The SMILES string of the molecule is NC(N)=[NH2+].NC(N)=[NH2+].NC(N)=[NH2+].NC(N)=[NH2+].NC(N)=[NH2+].NC(N)=[NH2+].NC(N)=[NH2+].NC(N)=[NH2+].NC(N)=[NH2+].NC(N)=[NH2+].NC(N)=[NH2+].NC(N)=[NH2+].O.O.[O-]B([O-])[O-].[O-]B([O-])[O-].[O-]B([O-])[O-].[O-]B([O-])[O-]. The van der Waals surface area contributed by atoms with Crippen LogP contribution in [0.1, 0.15) is 0 Å². The fraction of sp³-hybridized carbons (Fsp3) is 0. The molecule has 0 unspecified atom stereocenters. The fourth-order valence-corrected chi connectivity index (χ4v) is 0. The molecule has 0 aliphatic carbocycles. The minimum atomic E-state index is -2.92. The summed E-state index contributed by atoms with van der Waals surface area (Å²) in [6, 6.07) is 0. The first kappa shape index (κ1) is 118. The summed E-state index contributed by atoms with van der Waals surface area (Å²) in [6.07, 6.45) is 0. The van der Waals surface area contributed by atoms with Crippen molar-refractivity contribution in [3.05, 3.63) is 0 Å². The zero-order chi connectivity index (χ0) is 57.2. The van der Waals surface area contributed by atoms with E-state index in [1.807, 2.05) is 0 Å². The van der Waals surface area contributed by atoms with E-state index in [1.165, 1.54) is 0 Å². The summed E-state index contributed by atoms with van der Waals surface area (Å²) in [6.45, 7) is 0. The molecule has 0 aliphatic rings. The number of guanidine groups is 12. The van der Waals surface area contributed by atoms with Gasteiger partial charge < -0.3 is 71.2 Å². The Morgan fingerprint density at radius 2 is 0.167 bits per heavy atom. The van der Waals surface area contributed by atoms with E-state index in [9.17, 15) is 0 Å². The molecule has 0 radical (unpaired) electrons. The van der Waals surface area contributed by atoms with Gasteiger partial charge in [-0.1, -0.05) is 0 Å². The van der Waals surface area contributed by atoms with Gasteiger partial charge in [0.2, 0.25) is 0 Å². The Labute approximate surface area is 374 Å². The maximum absolute atomic E-state index is 8.42. The highest BCUT2D eigenvalue weighted by Gasteiger charge is 1.67. The predicted molar refractivity (Wildman–Crippen MR) is 214 cm³/mol. The minimum Gasteiger partial charge on any atom is -0.907 e. The van der Waals surface area contributed by atoms with E-state index >= 15 is 0 Å². The third-order valence-corrected chi connectivity index (χ3v) is 0. The van der Waals surface area contributed by atoms with Gasteiger partial charge in [-0.25, -0.2) is 0 Å². The normalized spacial score (nSPS) is 6.00. The summed E-state index contributed by atoms with van der Waals surface area (Å²) < 4.78 is 0. The molecule has 66 heavy (non-hydrogen) atoms. The van der Waals surface area contributed by atoms with Gasteiger partial charge in [-0.2, -0.15) is 0 Å². The van der Waals surface area contributed by atoms with Gasteiger partial charge in [0.25, 0.3) is 0 Å². The number of hydrogen-bond acceptors (Lipinski definition) is 12. The van der Waals surface area contributed by atoms with Crippen LogP contribution in [0.4, 0.5) is 0 Å². The molecule has 0 heterocycles. The molecule has 0 saturated carbocycles. The lowest BCUT2D eigenvalue weighted by atomic mass is 10.3. The van der Waals surface area contributed by atoms with Crippen molar-refractivity contribution in [2.45, 2.75) is 0 Å². The molecule has 54 heteroatoms. The maximum atomic E-state index is 8.42. The van der Waals surface area contributed by atoms with Crippen LogP contribution < -0.4 is 263 Å². The van der Waals surface area contributed by atoms with Crippen LogP contribution in [0.5, 0.6) is 0 Å². The molecule has 50 nitrogen and oxygen atoms in total. The standard InChI is InChI=1S/12CH5N3.4BO3.2H2O/c16*2-1(3)4;;/h12*(H5,2,3,4);;;;;2*1H2/q;;;;;;;;;;;;4*-3;;/p+12. The molecule has 0 amide bonds. The average molecular weight is 992 g/mol. The van der Waals surface area contributed by atoms with Crippen molar-refractivity contribution in [3.63, 3.8) is 0 Å². The van der Waals surface area contributed by atoms with E-state index in [1.54, 1.807) is 0 Å². The molecule has 400 valence electrons. The Hall–Kier alpha value is -9.06. The van der Waals surface area contributed by atoms with Crippen LogP contribution in [-0.2, 0) is 0 Å². The highest BCUT2D eigenvalue weighted by molar-refractivity contribution is 6.24. The third kappa shape index (κ3) is 1950. The molecule has 0 fully saturated rings. The molecule has 0 aromatic rings. The van der Waals surface area contributed by atoms with E-state index in [0.717, 1.165) is 0 Å². The lowest BCUT2D eigenvalue weighted by Crippen LogP contribution is -2.56. The van der Waals surface area contributed by atoms with Crippen molar-refractivity contribution in [2.24, 2.45) is 138 Å². The van der Waals surface area contributed by atoms with Crippen molar-refractivity contribution >= 4 is 101 Å². The van der Waals surface area contributed by atoms with Crippen LogP contribution in [-0.4, -0.2) is 112 Å². The molecule has 0 rings (SSSR count). The van der Waals surface area contributed by atoms with Gasteiger partial charge in [0, 0.05) is 0 Å². The van der Waals surface area contributed by atoms with Crippen LogP contribution in [0.2, 0.25) is 0 Å². The second-order valence-electron chi connectivity index (χ2n) is 7.15. The van der Waals surface area contributed by atoms with Gasteiger partial charge in [-0.05, 0) is 0 Å². The second-order valence-corrected chi connectivity index (χ2v) is 7.15. The summed E-state index contributed by atoms with van der Waals surface area (Å²) in [5.41, 5.74) is 110. The van der Waals surface area contributed by atoms with E-state index in [4.69, 9.17) is 60.3 Å². The van der Waals surface area contributed by atoms with Crippen molar-refractivity contribution in [1.82, 2.24) is 0 Å². The Bertz CT molecular complexity index is 785. The van der Waals surface area contributed by atoms with Gasteiger partial charge in [0.1, 0.15) is 0 Å². The molecule has 0 spiro atoms. The van der Waals surface area contributed by atoms with Crippen molar-refractivity contribution < 1.29 is 136 Å². The second kappa shape index (κ2) is 111. The van der Waals surface area contributed by atoms with Crippen molar-refractivity contribution in [3.8, 4) is 0 Å². The molecule has 0 aromatic carbocycles. The topological polar surface area (TPSA) is 1270 Å². The Balaban J connectivity index is -0.0000000232. The van der Waals surface area contributed by atoms with Crippen LogP contribution >= 0.6 is 0 Å². The van der Waals surface area contributed by atoms with Gasteiger partial charge in [-0.3, -0.25) is 232 Å². The smallest absolute Gasteiger partial charge is 0.336 e. The summed E-state index contributed by atoms with van der Waals surface area (Å²) in [5, 5.41) is 156. The highest BCUT2D eigenvalue weighted by Crippen LogP contribution is 1.02. The van der Waals surface area contributed by atoms with Gasteiger partial charge in [0.05, 0.1) is 0 Å². The Morgan fingerprint density at radius 3 is 0.167 bits per heavy atom. The fourth-order valence-electron chi connectivity index (χ4n) is 0. The van der Waals surface area contributed by atoms with E-state index in [2.05, 4.69) is 203 Å². The molecule has 0 saturated heterocycles. The first-order valence-electron chi connectivity index (χ1n) is 13.2. The first-order valence-corrected chi connectivity index (χ1v) is 13.2. The van der Waals surface area contributed by atoms with Crippen LogP contribution in [0, 0.1) is 0 Å². The van der Waals surface area contributed by atoms with Gasteiger partial charge in [-0.15, -0.1) is 0 Å². The monoisotopic (exact) mass is 993 g/mol. The lowest BCUT2D eigenvalue weighted by Gasteiger charge is -2.35. The van der Waals surface area contributed by atoms with E-state index < -0.39 is 29.3 Å². The molecule has 0 atom stereocenters.